The highest BCUT2D eigenvalue weighted by Gasteiger charge is 2.26. The van der Waals surface area contributed by atoms with Crippen LogP contribution >= 0.6 is 22.6 Å². The number of amides is 1. The van der Waals surface area contributed by atoms with Crippen molar-refractivity contribution in [3.63, 3.8) is 0 Å². The highest BCUT2D eigenvalue weighted by molar-refractivity contribution is 14.1. The molecule has 100 valence electrons. The lowest BCUT2D eigenvalue weighted by Crippen LogP contribution is -2.25. The van der Waals surface area contributed by atoms with E-state index < -0.39 is 18.5 Å². The molecule has 0 aliphatic carbocycles. The molecular formula is C11H11F3INO2. The van der Waals surface area contributed by atoms with Gasteiger partial charge in [-0.25, -0.2) is 0 Å². The van der Waals surface area contributed by atoms with Crippen LogP contribution < -0.4 is 5.32 Å². The van der Waals surface area contributed by atoms with Crippen LogP contribution in [0.2, 0.25) is 0 Å². The number of carbonyl (C=O) groups is 1. The molecule has 0 aliphatic rings. The summed E-state index contributed by atoms with van der Waals surface area (Å²) >= 11 is 1.90. The lowest BCUT2D eigenvalue weighted by atomic mass is 10.2. The third-order valence-corrected chi connectivity index (χ3v) is 3.04. The summed E-state index contributed by atoms with van der Waals surface area (Å²) in [6.45, 7) is -0.0505. The lowest BCUT2D eigenvalue weighted by Gasteiger charge is -2.08. The van der Waals surface area contributed by atoms with E-state index in [-0.39, 0.29) is 24.3 Å². The second kappa shape index (κ2) is 6.26. The molecule has 3 nitrogen and oxygen atoms in total. The van der Waals surface area contributed by atoms with Gasteiger partial charge in [-0.2, -0.15) is 13.2 Å². The molecule has 0 aliphatic heterocycles. The van der Waals surface area contributed by atoms with Crippen molar-refractivity contribution in [3.05, 3.63) is 27.3 Å². The van der Waals surface area contributed by atoms with Crippen LogP contribution in [0.15, 0.2) is 18.2 Å². The average molecular weight is 373 g/mol. The molecule has 1 aromatic carbocycles. The Hall–Kier alpha value is -0.990. The van der Waals surface area contributed by atoms with Crippen molar-refractivity contribution in [1.29, 1.82) is 0 Å². The molecule has 0 radical (unpaired) electrons. The highest BCUT2D eigenvalue weighted by Crippen LogP contribution is 2.21. The fourth-order valence-corrected chi connectivity index (χ4v) is 1.58. The molecule has 1 aromatic rings. The Morgan fingerprint density at radius 2 is 2.06 bits per heavy atom. The number of phenols is 1. The Kier molecular flexibility index (Phi) is 5.24. The van der Waals surface area contributed by atoms with E-state index in [1.54, 1.807) is 6.07 Å². The van der Waals surface area contributed by atoms with Crippen molar-refractivity contribution in [2.75, 3.05) is 6.54 Å². The third kappa shape index (κ3) is 5.11. The van der Waals surface area contributed by atoms with Gasteiger partial charge >= 0.3 is 6.18 Å². The minimum absolute atomic E-state index is 0.0291. The van der Waals surface area contributed by atoms with E-state index in [0.717, 1.165) is 0 Å². The number of halogens is 4. The second-order valence-electron chi connectivity index (χ2n) is 3.64. The van der Waals surface area contributed by atoms with Gasteiger partial charge in [0.25, 0.3) is 5.91 Å². The fraction of sp³-hybridized carbons (Fsp3) is 0.364. The van der Waals surface area contributed by atoms with Crippen LogP contribution in [0.4, 0.5) is 13.2 Å². The van der Waals surface area contributed by atoms with E-state index in [1.165, 1.54) is 12.1 Å². The van der Waals surface area contributed by atoms with E-state index in [9.17, 15) is 23.1 Å². The van der Waals surface area contributed by atoms with Gasteiger partial charge in [0.1, 0.15) is 5.75 Å². The minimum atomic E-state index is -4.20. The van der Waals surface area contributed by atoms with E-state index in [1.807, 2.05) is 22.6 Å². The Morgan fingerprint density at radius 3 is 2.61 bits per heavy atom. The van der Waals surface area contributed by atoms with Crippen LogP contribution in [0, 0.1) is 3.57 Å². The zero-order valence-electron chi connectivity index (χ0n) is 9.22. The largest absolute Gasteiger partial charge is 0.507 e. The summed E-state index contributed by atoms with van der Waals surface area (Å²) in [6.07, 6.45) is -5.29. The minimum Gasteiger partial charge on any atom is -0.507 e. The van der Waals surface area contributed by atoms with E-state index in [0.29, 0.717) is 3.57 Å². The predicted octanol–water partition coefficient (Wildman–Crippen LogP) is 3.07. The molecular weight excluding hydrogens is 362 g/mol. The van der Waals surface area contributed by atoms with Gasteiger partial charge in [0.2, 0.25) is 0 Å². The van der Waals surface area contributed by atoms with E-state index in [2.05, 4.69) is 5.32 Å². The Balaban J connectivity index is 2.43. The molecule has 0 saturated heterocycles. The van der Waals surface area contributed by atoms with Crippen molar-refractivity contribution in [2.24, 2.45) is 0 Å². The average Bonchev–Trinajstić information content (AvgIpc) is 2.26. The number of nitrogens with one attached hydrogen (secondary N) is 1. The first-order chi connectivity index (χ1) is 8.29. The summed E-state index contributed by atoms with van der Waals surface area (Å²) in [5.74, 6) is -0.526. The van der Waals surface area contributed by atoms with Crippen molar-refractivity contribution < 1.29 is 23.1 Å². The quantitative estimate of drug-likeness (QED) is 0.630. The summed E-state index contributed by atoms with van der Waals surface area (Å²) in [7, 11) is 0. The monoisotopic (exact) mass is 373 g/mol. The molecule has 0 aromatic heterocycles. The maximum absolute atomic E-state index is 11.9. The number of carbonyl (C=O) groups excluding carboxylic acids is 1. The van der Waals surface area contributed by atoms with Crippen LogP contribution in [-0.2, 0) is 0 Å². The summed E-state index contributed by atoms with van der Waals surface area (Å²) in [6, 6.07) is 4.34. The number of hydrogen-bond acceptors (Lipinski definition) is 2. The summed E-state index contributed by atoms with van der Waals surface area (Å²) < 4.78 is 36.2. The molecule has 1 rings (SSSR count). The Labute approximate surface area is 116 Å². The van der Waals surface area contributed by atoms with Crippen LogP contribution in [-0.4, -0.2) is 23.7 Å². The van der Waals surface area contributed by atoms with Crippen LogP contribution in [0.5, 0.6) is 5.75 Å². The Bertz CT molecular complexity index is 435. The summed E-state index contributed by atoms with van der Waals surface area (Å²) in [5.41, 5.74) is 0.222. The first-order valence-corrected chi connectivity index (χ1v) is 6.21. The predicted molar refractivity (Wildman–Crippen MR) is 68.4 cm³/mol. The first-order valence-electron chi connectivity index (χ1n) is 5.13. The molecule has 2 N–H and O–H groups in total. The van der Waals surface area contributed by atoms with Gasteiger partial charge in [0, 0.05) is 18.5 Å². The van der Waals surface area contributed by atoms with Crippen LogP contribution in [0.3, 0.4) is 0 Å². The molecule has 7 heteroatoms. The second-order valence-corrected chi connectivity index (χ2v) is 4.80. The van der Waals surface area contributed by atoms with Gasteiger partial charge in [-0.1, -0.05) is 0 Å². The molecule has 0 fully saturated rings. The van der Waals surface area contributed by atoms with Crippen LogP contribution in [0.25, 0.3) is 0 Å². The fourth-order valence-electron chi connectivity index (χ4n) is 1.25. The number of rotatable bonds is 4. The van der Waals surface area contributed by atoms with Crippen LogP contribution in [0.1, 0.15) is 23.2 Å². The molecule has 0 heterocycles. The van der Waals surface area contributed by atoms with E-state index >= 15 is 0 Å². The zero-order chi connectivity index (χ0) is 13.8. The molecule has 18 heavy (non-hydrogen) atoms. The number of hydrogen-bond donors (Lipinski definition) is 2. The standard InChI is InChI=1S/C11H11F3INO2/c12-11(13,14)4-1-5-16-10(18)7-2-3-8(15)9(17)6-7/h2-3,6,17H,1,4-5H2,(H,16,18). The smallest absolute Gasteiger partial charge is 0.389 e. The SMILES string of the molecule is O=C(NCCCC(F)(F)F)c1ccc(I)c(O)c1. The normalized spacial score (nSPS) is 11.3. The number of alkyl halides is 3. The third-order valence-electron chi connectivity index (χ3n) is 2.13. The van der Waals surface area contributed by atoms with Gasteiger partial charge < -0.3 is 10.4 Å². The molecule has 0 bridgehead atoms. The summed E-state index contributed by atoms with van der Waals surface area (Å²) in [4.78, 5) is 11.5. The van der Waals surface area contributed by atoms with Gasteiger partial charge in [0.05, 0.1) is 3.57 Å². The lowest BCUT2D eigenvalue weighted by molar-refractivity contribution is -0.135. The number of benzene rings is 1. The van der Waals surface area contributed by atoms with Gasteiger partial charge in [-0.3, -0.25) is 4.79 Å². The van der Waals surface area contributed by atoms with Gasteiger partial charge in [-0.15, -0.1) is 0 Å². The molecule has 1 amide bonds. The van der Waals surface area contributed by atoms with Gasteiger partial charge in [0.15, 0.2) is 0 Å². The van der Waals surface area contributed by atoms with Crippen molar-refractivity contribution in [3.8, 4) is 5.75 Å². The Morgan fingerprint density at radius 1 is 1.39 bits per heavy atom. The van der Waals surface area contributed by atoms with Crippen molar-refractivity contribution >= 4 is 28.5 Å². The maximum Gasteiger partial charge on any atom is 0.389 e. The molecule has 0 atom stereocenters. The van der Waals surface area contributed by atoms with Gasteiger partial charge in [-0.05, 0) is 47.2 Å². The van der Waals surface area contributed by atoms with Crippen molar-refractivity contribution in [2.45, 2.75) is 19.0 Å². The number of phenolic OH excluding ortho intramolecular Hbond substituents is 1. The zero-order valence-corrected chi connectivity index (χ0v) is 11.4. The molecule has 0 unspecified atom stereocenters. The molecule has 0 saturated carbocycles. The van der Waals surface area contributed by atoms with Crippen molar-refractivity contribution in [1.82, 2.24) is 5.32 Å². The summed E-state index contributed by atoms with van der Waals surface area (Å²) in [5, 5.41) is 11.8. The number of aromatic hydroxyl groups is 1. The molecule has 0 spiro atoms. The maximum atomic E-state index is 11.9. The first kappa shape index (κ1) is 15.1. The van der Waals surface area contributed by atoms with E-state index in [4.69, 9.17) is 0 Å². The highest BCUT2D eigenvalue weighted by atomic mass is 127. The topological polar surface area (TPSA) is 49.3 Å².